The first-order valence-corrected chi connectivity index (χ1v) is 6.16. The van der Waals surface area contributed by atoms with E-state index in [9.17, 15) is 14.0 Å². The summed E-state index contributed by atoms with van der Waals surface area (Å²) in [6, 6.07) is 3.14. The fraction of sp³-hybridized carbons (Fsp3) is 0.429. The Bertz CT molecular complexity index is 488. The number of carbonyl (C=O) groups excluding carboxylic acids is 1. The van der Waals surface area contributed by atoms with Crippen molar-refractivity contribution in [3.63, 3.8) is 0 Å². The molecule has 104 valence electrons. The maximum atomic E-state index is 13.5. The van der Waals surface area contributed by atoms with Gasteiger partial charge in [-0.15, -0.1) is 0 Å². The highest BCUT2D eigenvalue weighted by Gasteiger charge is 2.26. The molecule has 1 aromatic carbocycles. The van der Waals surface area contributed by atoms with Crippen molar-refractivity contribution in [1.29, 1.82) is 0 Å². The van der Waals surface area contributed by atoms with E-state index in [-0.39, 0.29) is 11.5 Å². The van der Waals surface area contributed by atoms with Gasteiger partial charge in [-0.1, -0.05) is 31.9 Å². The van der Waals surface area contributed by atoms with E-state index in [1.807, 2.05) is 6.92 Å². The highest BCUT2D eigenvalue weighted by atomic mass is 19.1. The molecule has 2 atom stereocenters. The van der Waals surface area contributed by atoms with Crippen LogP contribution in [0.1, 0.15) is 36.2 Å². The molecule has 0 aliphatic rings. The summed E-state index contributed by atoms with van der Waals surface area (Å²) in [4.78, 5) is 23.0. The standard InChI is InChI=1S/C14H18FNO3/c1-4-9(3)12(14(18)19)16-13(17)10-7-8(2)5-6-11(10)15/h5-7,9,12H,4H2,1-3H3,(H,16,17)(H,18,19). The van der Waals surface area contributed by atoms with Gasteiger partial charge < -0.3 is 10.4 Å². The zero-order valence-electron chi connectivity index (χ0n) is 11.2. The number of hydrogen-bond acceptors (Lipinski definition) is 2. The molecule has 0 radical (unpaired) electrons. The lowest BCUT2D eigenvalue weighted by atomic mass is 9.98. The second-order valence-electron chi connectivity index (χ2n) is 4.66. The molecule has 0 saturated heterocycles. The number of nitrogens with one attached hydrogen (secondary N) is 1. The smallest absolute Gasteiger partial charge is 0.326 e. The fourth-order valence-corrected chi connectivity index (χ4v) is 1.72. The molecule has 1 rings (SSSR count). The predicted octanol–water partition coefficient (Wildman–Crippen LogP) is 2.36. The number of hydrogen-bond donors (Lipinski definition) is 2. The summed E-state index contributed by atoms with van der Waals surface area (Å²) in [5.41, 5.74) is 0.608. The third-order valence-electron chi connectivity index (χ3n) is 3.13. The number of amides is 1. The second-order valence-corrected chi connectivity index (χ2v) is 4.66. The second kappa shape index (κ2) is 6.31. The predicted molar refractivity (Wildman–Crippen MR) is 69.5 cm³/mol. The van der Waals surface area contributed by atoms with Crippen molar-refractivity contribution < 1.29 is 19.1 Å². The average Bonchev–Trinajstić information content (AvgIpc) is 2.37. The van der Waals surface area contributed by atoms with Gasteiger partial charge in [0.2, 0.25) is 0 Å². The minimum atomic E-state index is -1.12. The van der Waals surface area contributed by atoms with E-state index in [0.29, 0.717) is 6.42 Å². The zero-order valence-corrected chi connectivity index (χ0v) is 11.2. The van der Waals surface area contributed by atoms with Gasteiger partial charge in [0.05, 0.1) is 5.56 Å². The molecule has 4 nitrogen and oxygen atoms in total. The lowest BCUT2D eigenvalue weighted by Gasteiger charge is -2.20. The SMILES string of the molecule is CCC(C)C(NC(=O)c1cc(C)ccc1F)C(=O)O. The van der Waals surface area contributed by atoms with E-state index in [2.05, 4.69) is 5.32 Å². The van der Waals surface area contributed by atoms with Crippen LogP contribution in [0.2, 0.25) is 0 Å². The number of carboxylic acid groups (broad SMARTS) is 1. The number of halogens is 1. The van der Waals surface area contributed by atoms with Gasteiger partial charge in [-0.2, -0.15) is 0 Å². The minimum absolute atomic E-state index is 0.130. The van der Waals surface area contributed by atoms with Gasteiger partial charge in [0.1, 0.15) is 11.9 Å². The molecule has 1 amide bonds. The van der Waals surface area contributed by atoms with Gasteiger partial charge in [-0.25, -0.2) is 9.18 Å². The Labute approximate surface area is 111 Å². The van der Waals surface area contributed by atoms with Gasteiger partial charge in [-0.3, -0.25) is 4.79 Å². The van der Waals surface area contributed by atoms with Crippen molar-refractivity contribution in [3.8, 4) is 0 Å². The summed E-state index contributed by atoms with van der Waals surface area (Å²) in [6.07, 6.45) is 0.605. The maximum absolute atomic E-state index is 13.5. The minimum Gasteiger partial charge on any atom is -0.480 e. The first kappa shape index (κ1) is 15.1. The molecule has 2 unspecified atom stereocenters. The molecule has 0 bridgehead atoms. The molecule has 1 aromatic rings. The molecule has 5 heteroatoms. The van der Waals surface area contributed by atoms with Crippen LogP contribution in [0.25, 0.3) is 0 Å². The van der Waals surface area contributed by atoms with Gasteiger partial charge in [0.25, 0.3) is 5.91 Å². The molecular weight excluding hydrogens is 249 g/mol. The summed E-state index contributed by atoms with van der Waals surface area (Å²) in [7, 11) is 0. The Balaban J connectivity index is 2.94. The zero-order chi connectivity index (χ0) is 14.6. The normalized spacial score (nSPS) is 13.7. The fourth-order valence-electron chi connectivity index (χ4n) is 1.72. The van der Waals surface area contributed by atoms with E-state index < -0.39 is 23.7 Å². The summed E-state index contributed by atoms with van der Waals surface area (Å²) < 4.78 is 13.5. The first-order chi connectivity index (χ1) is 8.86. The van der Waals surface area contributed by atoms with Crippen molar-refractivity contribution >= 4 is 11.9 Å². The first-order valence-electron chi connectivity index (χ1n) is 6.16. The van der Waals surface area contributed by atoms with Crippen molar-refractivity contribution in [2.24, 2.45) is 5.92 Å². The highest BCUT2D eigenvalue weighted by Crippen LogP contribution is 2.13. The number of benzene rings is 1. The molecule has 2 N–H and O–H groups in total. The monoisotopic (exact) mass is 267 g/mol. The lowest BCUT2D eigenvalue weighted by Crippen LogP contribution is -2.45. The molecule has 0 aliphatic heterocycles. The van der Waals surface area contributed by atoms with Crippen molar-refractivity contribution in [2.75, 3.05) is 0 Å². The topological polar surface area (TPSA) is 66.4 Å². The van der Waals surface area contributed by atoms with Gasteiger partial charge in [0.15, 0.2) is 0 Å². The largest absolute Gasteiger partial charge is 0.480 e. The van der Waals surface area contributed by atoms with Crippen molar-refractivity contribution in [3.05, 3.63) is 35.1 Å². The van der Waals surface area contributed by atoms with Crippen LogP contribution in [0.4, 0.5) is 4.39 Å². The quantitative estimate of drug-likeness (QED) is 0.860. The molecule has 0 aromatic heterocycles. The third kappa shape index (κ3) is 3.77. The van der Waals surface area contributed by atoms with E-state index in [1.165, 1.54) is 12.1 Å². The van der Waals surface area contributed by atoms with Crippen LogP contribution < -0.4 is 5.32 Å². The molecular formula is C14H18FNO3. The lowest BCUT2D eigenvalue weighted by molar-refractivity contribution is -0.140. The van der Waals surface area contributed by atoms with Gasteiger partial charge in [-0.05, 0) is 25.0 Å². The molecule has 0 heterocycles. The van der Waals surface area contributed by atoms with Crippen LogP contribution in [-0.4, -0.2) is 23.0 Å². The Morgan fingerprint density at radius 3 is 2.58 bits per heavy atom. The van der Waals surface area contributed by atoms with Crippen molar-refractivity contribution in [1.82, 2.24) is 5.32 Å². The van der Waals surface area contributed by atoms with E-state index in [0.717, 1.165) is 5.56 Å². The highest BCUT2D eigenvalue weighted by molar-refractivity contribution is 5.97. The molecule has 0 spiro atoms. The van der Waals surface area contributed by atoms with Gasteiger partial charge >= 0.3 is 5.97 Å². The van der Waals surface area contributed by atoms with E-state index in [4.69, 9.17) is 5.11 Å². The molecule has 0 fully saturated rings. The Morgan fingerprint density at radius 1 is 1.42 bits per heavy atom. The molecule has 19 heavy (non-hydrogen) atoms. The average molecular weight is 267 g/mol. The number of rotatable bonds is 5. The van der Waals surface area contributed by atoms with E-state index >= 15 is 0 Å². The van der Waals surface area contributed by atoms with E-state index in [1.54, 1.807) is 19.9 Å². The van der Waals surface area contributed by atoms with Crippen molar-refractivity contribution in [2.45, 2.75) is 33.2 Å². The maximum Gasteiger partial charge on any atom is 0.326 e. The number of aryl methyl sites for hydroxylation is 1. The summed E-state index contributed by atoms with van der Waals surface area (Å²) in [5, 5.41) is 11.5. The van der Waals surface area contributed by atoms with Crippen LogP contribution in [0.5, 0.6) is 0 Å². The summed E-state index contributed by atoms with van der Waals surface area (Å²) >= 11 is 0. The van der Waals surface area contributed by atoms with Crippen LogP contribution in [0.3, 0.4) is 0 Å². The Hall–Kier alpha value is -1.91. The summed E-state index contributed by atoms with van der Waals surface area (Å²) in [6.45, 7) is 5.30. The van der Waals surface area contributed by atoms with Crippen LogP contribution in [-0.2, 0) is 4.79 Å². The summed E-state index contributed by atoms with van der Waals surface area (Å²) in [5.74, 6) is -2.70. The van der Waals surface area contributed by atoms with Gasteiger partial charge in [0, 0.05) is 0 Å². The number of carboxylic acids is 1. The van der Waals surface area contributed by atoms with Crippen LogP contribution in [0.15, 0.2) is 18.2 Å². The molecule has 0 saturated carbocycles. The molecule has 0 aliphatic carbocycles. The number of aliphatic carboxylic acids is 1. The Morgan fingerprint density at radius 2 is 2.05 bits per heavy atom. The van der Waals surface area contributed by atoms with Crippen LogP contribution in [0, 0.1) is 18.7 Å². The Kier molecular flexibility index (Phi) is 5.03. The number of carbonyl (C=O) groups is 2. The van der Waals surface area contributed by atoms with Crippen LogP contribution >= 0.6 is 0 Å². The third-order valence-corrected chi connectivity index (χ3v) is 3.13.